The van der Waals surface area contributed by atoms with Gasteiger partial charge in [-0.15, -0.1) is 0 Å². The zero-order valence-electron chi connectivity index (χ0n) is 21.4. The lowest BCUT2D eigenvalue weighted by Crippen LogP contribution is -2.53. The van der Waals surface area contributed by atoms with E-state index in [4.69, 9.17) is 13.9 Å². The topological polar surface area (TPSA) is 81.0 Å². The van der Waals surface area contributed by atoms with E-state index >= 15 is 0 Å². The summed E-state index contributed by atoms with van der Waals surface area (Å²) in [7, 11) is 0. The van der Waals surface area contributed by atoms with Crippen LogP contribution in [0.2, 0.25) is 0 Å². The van der Waals surface area contributed by atoms with Crippen LogP contribution in [0.25, 0.3) is 11.0 Å². The largest absolute Gasteiger partial charge is 0.489 e. The minimum absolute atomic E-state index is 0.00412. The molecule has 5 rings (SSSR count). The lowest BCUT2D eigenvalue weighted by molar-refractivity contribution is 0.00500. The fraction of sp³-hybridized carbons (Fsp3) is 0.448. The third-order valence-corrected chi connectivity index (χ3v) is 6.98. The number of hydrogen-bond donors (Lipinski definition) is 1. The number of nitrogens with one attached hydrogen (secondary N) is 1. The normalized spacial score (nSPS) is 21.4. The van der Waals surface area contributed by atoms with Crippen molar-refractivity contribution in [2.45, 2.75) is 83.7 Å². The van der Waals surface area contributed by atoms with Gasteiger partial charge in [0.15, 0.2) is 0 Å². The summed E-state index contributed by atoms with van der Waals surface area (Å²) in [5, 5.41) is 3.96. The molecule has 2 bridgehead atoms. The first-order chi connectivity index (χ1) is 17.2. The zero-order chi connectivity index (χ0) is 25.4. The van der Waals surface area contributed by atoms with Gasteiger partial charge < -0.3 is 24.1 Å². The molecule has 7 heteroatoms. The summed E-state index contributed by atoms with van der Waals surface area (Å²) >= 11 is 0. The second kappa shape index (κ2) is 9.52. The lowest BCUT2D eigenvalue weighted by atomic mass is 9.97. The molecule has 2 saturated heterocycles. The molecule has 3 atom stereocenters. The lowest BCUT2D eigenvalue weighted by Gasteiger charge is -2.39. The maximum absolute atomic E-state index is 13.4. The van der Waals surface area contributed by atoms with Crippen molar-refractivity contribution in [2.75, 3.05) is 0 Å². The molecule has 0 saturated carbocycles. The summed E-state index contributed by atoms with van der Waals surface area (Å²) < 4.78 is 17.5. The Balaban J connectivity index is 1.28. The average Bonchev–Trinajstić information content (AvgIpc) is 3.29. The smallest absolute Gasteiger partial charge is 0.410 e. The van der Waals surface area contributed by atoms with Gasteiger partial charge in [-0.3, -0.25) is 4.79 Å². The van der Waals surface area contributed by atoms with Crippen LogP contribution in [0.3, 0.4) is 0 Å². The van der Waals surface area contributed by atoms with Crippen LogP contribution in [-0.4, -0.2) is 40.6 Å². The minimum Gasteiger partial charge on any atom is -0.489 e. The van der Waals surface area contributed by atoms with Crippen molar-refractivity contribution in [3.05, 3.63) is 65.4 Å². The van der Waals surface area contributed by atoms with Crippen molar-refractivity contribution in [2.24, 2.45) is 0 Å². The Morgan fingerprint density at radius 1 is 1.06 bits per heavy atom. The highest BCUT2D eigenvalue weighted by Crippen LogP contribution is 2.37. The molecule has 1 aromatic heterocycles. The summed E-state index contributed by atoms with van der Waals surface area (Å²) in [6.45, 7) is 7.92. The summed E-state index contributed by atoms with van der Waals surface area (Å²) in [4.78, 5) is 28.1. The third kappa shape index (κ3) is 5.06. The zero-order valence-corrected chi connectivity index (χ0v) is 21.4. The quantitative estimate of drug-likeness (QED) is 0.476. The van der Waals surface area contributed by atoms with E-state index in [1.54, 1.807) is 0 Å². The number of hydrogen-bond acceptors (Lipinski definition) is 5. The number of carbonyl (C=O) groups is 2. The summed E-state index contributed by atoms with van der Waals surface area (Å²) in [6, 6.07) is 15.7. The van der Waals surface area contributed by atoms with Crippen molar-refractivity contribution in [3.63, 3.8) is 0 Å². The van der Waals surface area contributed by atoms with Gasteiger partial charge in [0.25, 0.3) is 5.91 Å². The number of nitrogens with zero attached hydrogens (tertiary/aromatic N) is 1. The number of piperidine rings is 1. The van der Waals surface area contributed by atoms with E-state index in [0.717, 1.165) is 36.6 Å². The maximum Gasteiger partial charge on any atom is 0.410 e. The van der Waals surface area contributed by atoms with Crippen LogP contribution in [0.15, 0.2) is 52.9 Å². The predicted molar refractivity (Wildman–Crippen MR) is 137 cm³/mol. The third-order valence-electron chi connectivity index (χ3n) is 6.98. The van der Waals surface area contributed by atoms with Crippen molar-refractivity contribution in [1.29, 1.82) is 0 Å². The Hall–Kier alpha value is -3.48. The van der Waals surface area contributed by atoms with Gasteiger partial charge >= 0.3 is 6.09 Å². The molecule has 3 heterocycles. The van der Waals surface area contributed by atoms with E-state index in [1.807, 2.05) is 81.1 Å². The summed E-state index contributed by atoms with van der Waals surface area (Å²) in [5.41, 5.74) is 1.75. The van der Waals surface area contributed by atoms with Crippen LogP contribution >= 0.6 is 0 Å². The molecule has 2 amide bonds. The first kappa shape index (κ1) is 24.2. The Labute approximate surface area is 211 Å². The molecule has 1 N–H and O–H groups in total. The fourth-order valence-corrected chi connectivity index (χ4v) is 5.48. The summed E-state index contributed by atoms with van der Waals surface area (Å²) in [5.74, 6) is 1.11. The molecule has 7 nitrogen and oxygen atoms in total. The average molecular weight is 491 g/mol. The maximum atomic E-state index is 13.4. The van der Waals surface area contributed by atoms with Gasteiger partial charge in [-0.25, -0.2) is 4.79 Å². The molecule has 2 fully saturated rings. The van der Waals surface area contributed by atoms with Crippen molar-refractivity contribution >= 4 is 23.0 Å². The molecule has 2 aromatic carbocycles. The second-order valence-corrected chi connectivity index (χ2v) is 10.9. The first-order valence-corrected chi connectivity index (χ1v) is 12.7. The highest BCUT2D eigenvalue weighted by molar-refractivity contribution is 6.07. The van der Waals surface area contributed by atoms with Crippen LogP contribution in [0.5, 0.6) is 5.75 Å². The Bertz CT molecular complexity index is 1250. The molecule has 0 aliphatic carbocycles. The monoisotopic (exact) mass is 490 g/mol. The van der Waals surface area contributed by atoms with Crippen LogP contribution in [-0.2, 0) is 11.3 Å². The number of rotatable bonds is 5. The van der Waals surface area contributed by atoms with Gasteiger partial charge in [0, 0.05) is 23.5 Å². The van der Waals surface area contributed by atoms with Gasteiger partial charge in [0.05, 0.1) is 5.56 Å². The molecular formula is C29H34N2O5. The van der Waals surface area contributed by atoms with E-state index in [-0.39, 0.29) is 30.1 Å². The van der Waals surface area contributed by atoms with Gasteiger partial charge in [0.1, 0.15) is 29.3 Å². The van der Waals surface area contributed by atoms with Crippen LogP contribution < -0.4 is 10.1 Å². The SMILES string of the molecule is Cc1oc2ccc(OCc3ccccc3)cc2c1C(=O)NC1C[C@H]2CC[C@@H](C1)N2C(=O)OC(C)(C)C. The van der Waals surface area contributed by atoms with Crippen molar-refractivity contribution in [1.82, 2.24) is 10.2 Å². The molecule has 3 aromatic rings. The Kier molecular flexibility index (Phi) is 6.41. The minimum atomic E-state index is -0.523. The van der Waals surface area contributed by atoms with E-state index in [9.17, 15) is 9.59 Å². The molecule has 2 aliphatic heterocycles. The number of benzene rings is 2. The molecule has 0 radical (unpaired) electrons. The van der Waals surface area contributed by atoms with Crippen LogP contribution in [0.4, 0.5) is 4.79 Å². The van der Waals surface area contributed by atoms with E-state index < -0.39 is 5.60 Å². The van der Waals surface area contributed by atoms with Crippen LogP contribution in [0.1, 0.15) is 68.1 Å². The second-order valence-electron chi connectivity index (χ2n) is 10.9. The molecule has 190 valence electrons. The fourth-order valence-electron chi connectivity index (χ4n) is 5.48. The highest BCUT2D eigenvalue weighted by atomic mass is 16.6. The van der Waals surface area contributed by atoms with Crippen molar-refractivity contribution in [3.8, 4) is 5.75 Å². The van der Waals surface area contributed by atoms with E-state index in [2.05, 4.69) is 5.32 Å². The molecule has 36 heavy (non-hydrogen) atoms. The number of ether oxygens (including phenoxy) is 2. The predicted octanol–water partition coefficient (Wildman–Crippen LogP) is 5.98. The number of fused-ring (bicyclic) bond motifs is 3. The van der Waals surface area contributed by atoms with E-state index in [0.29, 0.717) is 29.3 Å². The Morgan fingerprint density at radius 2 is 1.75 bits per heavy atom. The number of amides is 2. The number of aryl methyl sites for hydroxylation is 1. The van der Waals surface area contributed by atoms with Crippen molar-refractivity contribution < 1.29 is 23.5 Å². The molecule has 1 unspecified atom stereocenters. The Morgan fingerprint density at radius 3 is 2.42 bits per heavy atom. The van der Waals surface area contributed by atoms with Crippen LogP contribution in [0, 0.1) is 6.92 Å². The van der Waals surface area contributed by atoms with Gasteiger partial charge in [-0.05, 0) is 77.1 Å². The molecule has 0 spiro atoms. The van der Waals surface area contributed by atoms with Gasteiger partial charge in [0.2, 0.25) is 0 Å². The highest BCUT2D eigenvalue weighted by Gasteiger charge is 2.45. The first-order valence-electron chi connectivity index (χ1n) is 12.7. The number of carbonyl (C=O) groups excluding carboxylic acids is 2. The summed E-state index contributed by atoms with van der Waals surface area (Å²) in [6.07, 6.45) is 3.07. The van der Waals surface area contributed by atoms with Gasteiger partial charge in [-0.2, -0.15) is 0 Å². The standard InChI is InChI=1S/C29H34N2O5/c1-18-26(24-16-23(12-13-25(24)35-18)34-17-19-8-6-5-7-9-19)27(32)30-20-14-21-10-11-22(15-20)31(21)28(33)36-29(2,3)4/h5-9,12-13,16,20-22H,10-11,14-15,17H2,1-4H3,(H,30,32)/t20?,21-,22+. The van der Waals surface area contributed by atoms with E-state index in [1.165, 1.54) is 0 Å². The molecule has 2 aliphatic rings. The van der Waals surface area contributed by atoms with Gasteiger partial charge in [-0.1, -0.05) is 30.3 Å². The number of furan rings is 1. The molecular weight excluding hydrogens is 456 g/mol.